The van der Waals surface area contributed by atoms with Crippen LogP contribution in [0.1, 0.15) is 90.9 Å². The maximum Gasteiger partial charge on any atom is 0.673 e. The van der Waals surface area contributed by atoms with Crippen molar-refractivity contribution >= 4 is 14.5 Å². The molecule has 2 aliphatic rings. The van der Waals surface area contributed by atoms with Crippen LogP contribution >= 0.6 is 7.29 Å². The Hall–Kier alpha value is -0.0251. The quantitative estimate of drug-likeness (QED) is 0.109. The van der Waals surface area contributed by atoms with E-state index in [2.05, 4.69) is 13.8 Å². The average molecular weight is 401 g/mol. The summed E-state index contributed by atoms with van der Waals surface area (Å²) in [7, 11) is -7.78. The Morgan fingerprint density at radius 3 is 1.77 bits per heavy atom. The first-order valence-corrected chi connectivity index (χ1v) is 12.5. The molecule has 2 rings (SSSR count). The van der Waals surface area contributed by atoms with E-state index in [1.54, 1.807) is 0 Å². The molecule has 156 valence electrons. The van der Waals surface area contributed by atoms with Gasteiger partial charge in [0.2, 0.25) is 0 Å². The summed E-state index contributed by atoms with van der Waals surface area (Å²) in [5.74, 6) is 0.598. The minimum absolute atomic E-state index is 0.598. The van der Waals surface area contributed by atoms with Crippen LogP contribution in [0.2, 0.25) is 0 Å². The van der Waals surface area contributed by atoms with E-state index in [1.165, 1.54) is 90.1 Å². The van der Waals surface area contributed by atoms with Gasteiger partial charge in [0.1, 0.15) is 0 Å². The van der Waals surface area contributed by atoms with Crippen molar-refractivity contribution in [2.75, 3.05) is 19.3 Å². The Labute approximate surface area is 157 Å². The lowest BCUT2D eigenvalue weighted by Gasteiger charge is -2.16. The molecule has 2 aliphatic heterocycles. The normalized spacial score (nSPS) is 29.8. The molecule has 0 spiro atoms. The maximum atomic E-state index is 12.8. The third-order valence-corrected chi connectivity index (χ3v) is 10.3. The number of unbranched alkanes of at least 4 members (excludes halogenated alkanes) is 9. The summed E-state index contributed by atoms with van der Waals surface area (Å²) in [5.41, 5.74) is 0. The SMILES string of the molecule is CCCCCCCCCCCC[N+]12CCCC1P2(=O)CC.F[B-](F)(F)F. The summed E-state index contributed by atoms with van der Waals surface area (Å²) < 4.78 is 52.9. The molecule has 0 aliphatic carbocycles. The van der Waals surface area contributed by atoms with Gasteiger partial charge in [-0.3, -0.25) is 8.82 Å². The van der Waals surface area contributed by atoms with Crippen LogP contribution in [0.15, 0.2) is 0 Å². The van der Waals surface area contributed by atoms with Gasteiger partial charge < -0.3 is 17.3 Å². The molecule has 26 heavy (non-hydrogen) atoms. The first kappa shape index (κ1) is 24.0. The van der Waals surface area contributed by atoms with Crippen molar-refractivity contribution in [3.63, 3.8) is 0 Å². The third kappa shape index (κ3) is 7.18. The standard InChI is InChI=1S/C18H37NOP.BF4/c1-3-5-6-7-8-9-10-11-12-13-16-19-17-14-15-18(19)21(19,20)4-2;2-1(3,4)5/h18H,3-17H2,1-2H3;/q+1;-1. The molecule has 2 saturated heterocycles. The topological polar surface area (TPSA) is 17.1 Å². The second-order valence-electron chi connectivity index (χ2n) is 7.81. The van der Waals surface area contributed by atoms with Gasteiger partial charge in [-0.2, -0.15) is 0 Å². The Morgan fingerprint density at radius 1 is 0.885 bits per heavy atom. The molecule has 2 nitrogen and oxygen atoms in total. The van der Waals surface area contributed by atoms with Crippen molar-refractivity contribution in [2.45, 2.75) is 96.7 Å². The van der Waals surface area contributed by atoms with Crippen molar-refractivity contribution in [2.24, 2.45) is 0 Å². The lowest BCUT2D eigenvalue weighted by molar-refractivity contribution is -0.743. The molecule has 0 N–H and O–H groups in total. The Kier molecular flexibility index (Phi) is 10.2. The van der Waals surface area contributed by atoms with Crippen molar-refractivity contribution in [1.29, 1.82) is 0 Å². The van der Waals surface area contributed by atoms with Gasteiger partial charge in [-0.1, -0.05) is 65.2 Å². The van der Waals surface area contributed by atoms with Crippen LogP contribution in [0.25, 0.3) is 0 Å². The molecule has 0 saturated carbocycles. The number of quaternary nitrogens is 1. The predicted octanol–water partition coefficient (Wildman–Crippen LogP) is 7.46. The van der Waals surface area contributed by atoms with Crippen LogP contribution in [0.4, 0.5) is 17.3 Å². The van der Waals surface area contributed by atoms with Gasteiger partial charge in [0.25, 0.3) is 0 Å². The molecule has 0 amide bonds. The van der Waals surface area contributed by atoms with E-state index < -0.39 is 14.5 Å². The Balaban J connectivity index is 0.000000597. The van der Waals surface area contributed by atoms with Crippen molar-refractivity contribution in [3.8, 4) is 0 Å². The Morgan fingerprint density at radius 2 is 1.35 bits per heavy atom. The number of rotatable bonds is 12. The van der Waals surface area contributed by atoms with Gasteiger partial charge in [0.05, 0.1) is 19.3 Å². The zero-order chi connectivity index (χ0) is 19.7. The van der Waals surface area contributed by atoms with E-state index in [4.69, 9.17) is 0 Å². The van der Waals surface area contributed by atoms with E-state index >= 15 is 0 Å². The summed E-state index contributed by atoms with van der Waals surface area (Å²) in [6, 6.07) is 0. The Bertz CT molecular complexity index is 443. The highest BCUT2D eigenvalue weighted by molar-refractivity contribution is 7.64. The molecule has 0 aromatic heterocycles. The third-order valence-electron chi connectivity index (χ3n) is 6.00. The first-order chi connectivity index (χ1) is 12.2. The van der Waals surface area contributed by atoms with Crippen LogP contribution in [-0.2, 0) is 4.57 Å². The summed E-state index contributed by atoms with van der Waals surface area (Å²) in [6.07, 6.45) is 17.5. The smallest absolute Gasteiger partial charge is 0.418 e. The fourth-order valence-electron chi connectivity index (χ4n) is 4.67. The van der Waals surface area contributed by atoms with Crippen molar-refractivity contribution in [1.82, 2.24) is 0 Å². The molecular weight excluding hydrogens is 364 g/mol. The monoisotopic (exact) mass is 401 g/mol. The first-order valence-electron chi connectivity index (χ1n) is 10.5. The molecule has 2 fully saturated rings. The highest BCUT2D eigenvalue weighted by Crippen LogP contribution is 2.82. The van der Waals surface area contributed by atoms with E-state index in [9.17, 15) is 21.8 Å². The summed E-state index contributed by atoms with van der Waals surface area (Å²) >= 11 is 0. The van der Waals surface area contributed by atoms with Crippen LogP contribution in [0, 0.1) is 0 Å². The second kappa shape index (κ2) is 11.1. The zero-order valence-electron chi connectivity index (χ0n) is 16.6. The number of hydrogen-bond acceptors (Lipinski definition) is 1. The van der Waals surface area contributed by atoms with E-state index in [-0.39, 0.29) is 0 Å². The van der Waals surface area contributed by atoms with Crippen LogP contribution < -0.4 is 0 Å². The van der Waals surface area contributed by atoms with Crippen LogP contribution in [-0.4, -0.2) is 36.5 Å². The minimum Gasteiger partial charge on any atom is -0.418 e. The van der Waals surface area contributed by atoms with Crippen molar-refractivity contribution < 1.29 is 26.1 Å². The largest absolute Gasteiger partial charge is 0.673 e. The molecule has 3 atom stereocenters. The van der Waals surface area contributed by atoms with Crippen LogP contribution in [0.5, 0.6) is 0 Å². The fourth-order valence-corrected chi connectivity index (χ4v) is 9.03. The highest BCUT2D eigenvalue weighted by atomic mass is 31.2. The molecule has 0 radical (unpaired) electrons. The minimum atomic E-state index is -6.00. The van der Waals surface area contributed by atoms with Gasteiger partial charge in [-0.05, 0) is 12.8 Å². The molecule has 0 aromatic rings. The number of fused-ring (bicyclic) bond motifs is 1. The predicted molar refractivity (Wildman–Crippen MR) is 103 cm³/mol. The van der Waals surface area contributed by atoms with Gasteiger partial charge in [0.15, 0.2) is 5.78 Å². The number of halogens is 4. The average Bonchev–Trinajstić information content (AvgIpc) is 2.86. The summed E-state index contributed by atoms with van der Waals surface area (Å²) in [6.45, 7) is 6.89. The fraction of sp³-hybridized carbons (Fsp3) is 1.00. The lowest BCUT2D eigenvalue weighted by Crippen LogP contribution is -2.25. The molecular formula is C18H37BF4NOP. The van der Waals surface area contributed by atoms with E-state index in [1.807, 2.05) is 0 Å². The summed E-state index contributed by atoms with van der Waals surface area (Å²) in [5, 5.41) is 0. The van der Waals surface area contributed by atoms with Gasteiger partial charge in [-0.25, -0.2) is 0 Å². The zero-order valence-corrected chi connectivity index (χ0v) is 17.5. The van der Waals surface area contributed by atoms with E-state index in [0.29, 0.717) is 5.78 Å². The van der Waals surface area contributed by atoms with Gasteiger partial charge >= 0.3 is 14.5 Å². The molecule has 0 bridgehead atoms. The maximum absolute atomic E-state index is 12.8. The second-order valence-corrected chi connectivity index (χ2v) is 11.3. The molecule has 8 heteroatoms. The van der Waals surface area contributed by atoms with Gasteiger partial charge in [0, 0.05) is 12.8 Å². The van der Waals surface area contributed by atoms with E-state index in [0.717, 1.165) is 10.4 Å². The van der Waals surface area contributed by atoms with Crippen molar-refractivity contribution in [3.05, 3.63) is 0 Å². The highest BCUT2D eigenvalue weighted by Gasteiger charge is 2.77. The lowest BCUT2D eigenvalue weighted by atomic mass is 10.1. The molecule has 2 heterocycles. The molecule has 3 unspecified atom stereocenters. The molecule has 0 aromatic carbocycles. The van der Waals surface area contributed by atoms with Crippen LogP contribution in [0.3, 0.4) is 0 Å². The van der Waals surface area contributed by atoms with Gasteiger partial charge in [-0.15, -0.1) is 0 Å². The summed E-state index contributed by atoms with van der Waals surface area (Å²) in [4.78, 5) is 0. The number of nitrogens with zero attached hydrogens (tertiary/aromatic N) is 1. The number of hydrogen-bond donors (Lipinski definition) is 0.